The summed E-state index contributed by atoms with van der Waals surface area (Å²) < 4.78 is 31.4. The van der Waals surface area contributed by atoms with E-state index in [0.29, 0.717) is 22.2 Å². The van der Waals surface area contributed by atoms with Crippen LogP contribution >= 0.6 is 36.4 Å². The van der Waals surface area contributed by atoms with E-state index >= 15 is 0 Å². The average Bonchev–Trinajstić information content (AvgIpc) is 3.00. The molecular formula is C15H18Cl3F2N3O2. The van der Waals surface area contributed by atoms with Crippen molar-refractivity contribution in [2.24, 2.45) is 5.73 Å². The third kappa shape index (κ3) is 7.15. The van der Waals surface area contributed by atoms with E-state index in [1.54, 1.807) is 18.2 Å². The van der Waals surface area contributed by atoms with Gasteiger partial charge < -0.3 is 15.5 Å². The number of hydrogen-bond donors (Lipinski definition) is 2. The highest BCUT2D eigenvalue weighted by Crippen LogP contribution is 2.28. The van der Waals surface area contributed by atoms with Crippen LogP contribution in [0.2, 0.25) is 5.02 Å². The molecule has 0 aliphatic rings. The summed E-state index contributed by atoms with van der Waals surface area (Å²) in [7, 11) is 0. The number of aromatic nitrogens is 1. The molecule has 0 aliphatic carbocycles. The highest BCUT2D eigenvalue weighted by Gasteiger charge is 2.27. The Morgan fingerprint density at radius 2 is 2.00 bits per heavy atom. The number of hydrogen-bond acceptors (Lipinski definition) is 4. The predicted octanol–water partition coefficient (Wildman–Crippen LogP) is 3.48. The number of amides is 1. The fourth-order valence-electron chi connectivity index (χ4n) is 1.82. The number of carbonyl (C=O) groups is 1. The quantitative estimate of drug-likeness (QED) is 0.724. The van der Waals surface area contributed by atoms with Crippen molar-refractivity contribution < 1.29 is 18.0 Å². The summed E-state index contributed by atoms with van der Waals surface area (Å²) >= 11 is 6.06. The zero-order chi connectivity index (χ0) is 16.9. The average molecular weight is 417 g/mol. The van der Waals surface area contributed by atoms with E-state index in [-0.39, 0.29) is 37.7 Å². The first-order valence-corrected chi connectivity index (χ1v) is 7.33. The van der Waals surface area contributed by atoms with E-state index in [4.69, 9.17) is 21.8 Å². The first kappa shape index (κ1) is 23.6. The Labute approximate surface area is 161 Å². The summed E-state index contributed by atoms with van der Waals surface area (Å²) in [5.41, 5.74) is 5.59. The largest absolute Gasteiger partial charge is 0.441 e. The first-order valence-electron chi connectivity index (χ1n) is 6.95. The van der Waals surface area contributed by atoms with Crippen LogP contribution in [0.3, 0.4) is 0 Å². The maximum absolute atomic E-state index is 12.9. The monoisotopic (exact) mass is 415 g/mol. The summed E-state index contributed by atoms with van der Waals surface area (Å²) in [6, 6.07) is 7.12. The lowest BCUT2D eigenvalue weighted by molar-refractivity contribution is -0.122. The molecular weight excluding hydrogens is 399 g/mol. The Morgan fingerprint density at radius 1 is 1.32 bits per heavy atom. The molecule has 2 aromatic rings. The Bertz CT molecular complexity index is 684. The number of rotatable bonds is 7. The van der Waals surface area contributed by atoms with Gasteiger partial charge in [-0.1, -0.05) is 23.7 Å². The molecule has 3 N–H and O–H groups in total. The van der Waals surface area contributed by atoms with Crippen LogP contribution in [0.15, 0.2) is 34.9 Å². The number of nitrogens with zero attached hydrogens (tertiary/aromatic N) is 1. The van der Waals surface area contributed by atoms with Crippen LogP contribution in [-0.4, -0.2) is 29.9 Å². The molecule has 1 amide bonds. The van der Waals surface area contributed by atoms with E-state index in [1.165, 1.54) is 6.20 Å². The van der Waals surface area contributed by atoms with Crippen molar-refractivity contribution in [3.63, 3.8) is 0 Å². The number of aryl methyl sites for hydroxylation is 1. The zero-order valence-electron chi connectivity index (χ0n) is 13.0. The molecule has 0 saturated carbocycles. The third-order valence-electron chi connectivity index (χ3n) is 3.10. The molecule has 1 heterocycles. The van der Waals surface area contributed by atoms with Crippen molar-refractivity contribution >= 4 is 42.3 Å². The van der Waals surface area contributed by atoms with Gasteiger partial charge in [-0.2, -0.15) is 0 Å². The van der Waals surface area contributed by atoms with Crippen molar-refractivity contribution in [2.75, 3.05) is 13.1 Å². The van der Waals surface area contributed by atoms with Crippen molar-refractivity contribution in [1.29, 1.82) is 0 Å². The Kier molecular flexibility index (Phi) is 9.96. The highest BCUT2D eigenvalue weighted by atomic mass is 35.5. The van der Waals surface area contributed by atoms with Crippen LogP contribution in [0, 0.1) is 0 Å². The lowest BCUT2D eigenvalue weighted by atomic mass is 10.2. The number of halogens is 5. The number of benzene rings is 1. The summed E-state index contributed by atoms with van der Waals surface area (Å²) in [5, 5.41) is 2.66. The van der Waals surface area contributed by atoms with E-state index in [9.17, 15) is 13.6 Å². The van der Waals surface area contributed by atoms with Crippen LogP contribution < -0.4 is 11.1 Å². The number of oxazole rings is 1. The molecule has 0 atom stereocenters. The molecule has 2 rings (SSSR count). The standard InChI is InChI=1S/C15H16ClF2N3O2.2ClH/c16-11-4-2-1-3-10(11)12-7-20-14(23-12)6-5-13(22)21-9-15(17,18)8-19;;/h1-4,7H,5-6,8-9,19H2,(H,21,22);2*1H. The van der Waals surface area contributed by atoms with Crippen molar-refractivity contribution in [3.8, 4) is 11.3 Å². The maximum Gasteiger partial charge on any atom is 0.277 e. The predicted molar refractivity (Wildman–Crippen MR) is 96.8 cm³/mol. The van der Waals surface area contributed by atoms with Gasteiger partial charge in [0.25, 0.3) is 5.92 Å². The SMILES string of the molecule is Cl.Cl.NCC(F)(F)CNC(=O)CCc1ncc(-c2ccccc2Cl)o1. The van der Waals surface area contributed by atoms with E-state index in [0.717, 1.165) is 0 Å². The van der Waals surface area contributed by atoms with Gasteiger partial charge in [-0.05, 0) is 12.1 Å². The maximum atomic E-state index is 12.9. The molecule has 0 unspecified atom stereocenters. The number of nitrogens with two attached hydrogens (primary N) is 1. The van der Waals surface area contributed by atoms with Crippen LogP contribution in [0.5, 0.6) is 0 Å². The minimum absolute atomic E-state index is 0. The van der Waals surface area contributed by atoms with Gasteiger partial charge in [0.1, 0.15) is 0 Å². The van der Waals surface area contributed by atoms with Gasteiger partial charge >= 0.3 is 0 Å². The highest BCUT2D eigenvalue weighted by molar-refractivity contribution is 6.33. The molecule has 25 heavy (non-hydrogen) atoms. The van der Waals surface area contributed by atoms with Gasteiger partial charge in [0, 0.05) is 18.4 Å². The van der Waals surface area contributed by atoms with E-state index in [1.807, 2.05) is 6.07 Å². The van der Waals surface area contributed by atoms with Crippen molar-refractivity contribution in [3.05, 3.63) is 41.4 Å². The van der Waals surface area contributed by atoms with Gasteiger partial charge in [0.05, 0.1) is 24.3 Å². The van der Waals surface area contributed by atoms with Crippen LogP contribution in [0.25, 0.3) is 11.3 Å². The minimum Gasteiger partial charge on any atom is -0.441 e. The summed E-state index contributed by atoms with van der Waals surface area (Å²) in [5.74, 6) is -2.80. The summed E-state index contributed by atoms with van der Waals surface area (Å²) in [6.45, 7) is -1.59. The fraction of sp³-hybridized carbons (Fsp3) is 0.333. The van der Waals surface area contributed by atoms with Crippen molar-refractivity contribution in [2.45, 2.75) is 18.8 Å². The van der Waals surface area contributed by atoms with Gasteiger partial charge in [0.15, 0.2) is 11.7 Å². The van der Waals surface area contributed by atoms with Crippen molar-refractivity contribution in [1.82, 2.24) is 10.3 Å². The van der Waals surface area contributed by atoms with Gasteiger partial charge in [-0.3, -0.25) is 4.79 Å². The third-order valence-corrected chi connectivity index (χ3v) is 3.43. The van der Waals surface area contributed by atoms with Crippen LogP contribution in [-0.2, 0) is 11.2 Å². The van der Waals surface area contributed by atoms with Gasteiger partial charge in [0.2, 0.25) is 5.91 Å². The number of carbonyl (C=O) groups excluding carboxylic acids is 1. The van der Waals surface area contributed by atoms with Crippen LogP contribution in [0.4, 0.5) is 8.78 Å². The molecule has 0 bridgehead atoms. The number of nitrogens with one attached hydrogen (secondary N) is 1. The lowest BCUT2D eigenvalue weighted by Crippen LogP contribution is -2.41. The summed E-state index contributed by atoms with van der Waals surface area (Å²) in [6.07, 6.45) is 1.70. The minimum atomic E-state index is -3.10. The topological polar surface area (TPSA) is 81.1 Å². The second-order valence-corrected chi connectivity index (χ2v) is 5.34. The molecule has 1 aromatic carbocycles. The van der Waals surface area contributed by atoms with E-state index in [2.05, 4.69) is 10.3 Å². The molecule has 10 heteroatoms. The van der Waals surface area contributed by atoms with E-state index < -0.39 is 24.9 Å². The Morgan fingerprint density at radius 3 is 2.64 bits per heavy atom. The number of alkyl halides is 2. The second-order valence-electron chi connectivity index (χ2n) is 4.93. The molecule has 5 nitrogen and oxygen atoms in total. The summed E-state index contributed by atoms with van der Waals surface area (Å²) in [4.78, 5) is 15.6. The lowest BCUT2D eigenvalue weighted by Gasteiger charge is -2.14. The molecule has 0 saturated heterocycles. The fourth-order valence-corrected chi connectivity index (χ4v) is 2.05. The molecule has 0 aliphatic heterocycles. The second kappa shape index (κ2) is 10.6. The molecule has 0 fully saturated rings. The zero-order valence-corrected chi connectivity index (χ0v) is 15.4. The van der Waals surface area contributed by atoms with Gasteiger partial charge in [-0.15, -0.1) is 24.8 Å². The van der Waals surface area contributed by atoms with Gasteiger partial charge in [-0.25, -0.2) is 13.8 Å². The normalized spacial score (nSPS) is 10.6. The Balaban J connectivity index is 0.00000288. The molecule has 140 valence electrons. The molecule has 0 spiro atoms. The molecule has 1 aromatic heterocycles. The Hall–Kier alpha value is -1.41. The first-order chi connectivity index (χ1) is 10.9. The molecule has 0 radical (unpaired) electrons. The van der Waals surface area contributed by atoms with Crippen LogP contribution in [0.1, 0.15) is 12.3 Å². The smallest absolute Gasteiger partial charge is 0.277 e.